The second-order valence-corrected chi connectivity index (χ2v) is 5.08. The average molecular weight is 223 g/mol. The summed E-state index contributed by atoms with van der Waals surface area (Å²) in [6.07, 6.45) is 3.34. The van der Waals surface area contributed by atoms with Crippen LogP contribution in [0.25, 0.3) is 0 Å². The van der Waals surface area contributed by atoms with Gasteiger partial charge in [0.1, 0.15) is 0 Å². The summed E-state index contributed by atoms with van der Waals surface area (Å²) in [5, 5.41) is 9.37. The molecular weight excluding hydrogens is 206 g/mol. The second kappa shape index (κ2) is 5.01. The Bertz CT molecular complexity index is 340. The maximum Gasteiger partial charge on any atom is 0.0756 e. The van der Waals surface area contributed by atoms with Gasteiger partial charge in [-0.05, 0) is 42.5 Å². The smallest absolute Gasteiger partial charge is 0.0756 e. The first-order valence-electron chi connectivity index (χ1n) is 5.42. The zero-order valence-electron chi connectivity index (χ0n) is 8.78. The predicted molar refractivity (Wildman–Crippen MR) is 64.3 cm³/mol. The van der Waals surface area contributed by atoms with Crippen LogP contribution in [0.2, 0.25) is 0 Å². The molecule has 2 rings (SSSR count). The van der Waals surface area contributed by atoms with E-state index in [1.807, 2.05) is 0 Å². The third kappa shape index (κ3) is 2.74. The quantitative estimate of drug-likeness (QED) is 0.762. The number of hydrogen-bond donors (Lipinski definition) is 2. The van der Waals surface area contributed by atoms with Crippen LogP contribution < -0.4 is 5.73 Å². The van der Waals surface area contributed by atoms with Gasteiger partial charge in [-0.3, -0.25) is 0 Å². The van der Waals surface area contributed by atoms with Crippen molar-refractivity contribution in [3.05, 3.63) is 29.3 Å². The van der Waals surface area contributed by atoms with Crippen molar-refractivity contribution in [1.82, 2.24) is 0 Å². The van der Waals surface area contributed by atoms with E-state index in [9.17, 15) is 5.11 Å². The molecule has 1 atom stereocenters. The molecule has 0 aliphatic heterocycles. The van der Waals surface area contributed by atoms with E-state index in [1.165, 1.54) is 35.3 Å². The molecule has 1 aromatic carbocycles. The molecule has 1 unspecified atom stereocenters. The first kappa shape index (κ1) is 11.0. The van der Waals surface area contributed by atoms with Crippen molar-refractivity contribution in [1.29, 1.82) is 0 Å². The van der Waals surface area contributed by atoms with E-state index in [1.54, 1.807) is 11.8 Å². The van der Waals surface area contributed by atoms with Crippen LogP contribution in [0, 0.1) is 0 Å². The molecule has 2 nitrogen and oxygen atoms in total. The van der Waals surface area contributed by atoms with E-state index in [0.29, 0.717) is 12.3 Å². The first-order valence-corrected chi connectivity index (χ1v) is 6.41. The van der Waals surface area contributed by atoms with Crippen molar-refractivity contribution < 1.29 is 5.11 Å². The maximum atomic E-state index is 9.37. The number of thioether (sulfide) groups is 1. The highest BCUT2D eigenvalue weighted by atomic mass is 32.2. The molecule has 0 heterocycles. The molecule has 0 amide bonds. The fraction of sp³-hybridized carbons (Fsp3) is 0.500. The van der Waals surface area contributed by atoms with Gasteiger partial charge in [0, 0.05) is 17.2 Å². The Labute approximate surface area is 94.9 Å². The van der Waals surface area contributed by atoms with Gasteiger partial charge in [0.2, 0.25) is 0 Å². The highest BCUT2D eigenvalue weighted by molar-refractivity contribution is 7.99. The number of aliphatic hydroxyl groups excluding tert-OH is 1. The van der Waals surface area contributed by atoms with Gasteiger partial charge in [0.15, 0.2) is 0 Å². The summed E-state index contributed by atoms with van der Waals surface area (Å²) in [6.45, 7) is 0.345. The van der Waals surface area contributed by atoms with Crippen LogP contribution in [-0.2, 0) is 12.8 Å². The Morgan fingerprint density at radius 2 is 2.13 bits per heavy atom. The Hall–Kier alpha value is -0.510. The zero-order chi connectivity index (χ0) is 10.7. The number of fused-ring (bicyclic) bond motifs is 1. The molecule has 0 aromatic heterocycles. The van der Waals surface area contributed by atoms with E-state index in [4.69, 9.17) is 5.73 Å². The lowest BCUT2D eigenvalue weighted by Crippen LogP contribution is -2.21. The van der Waals surface area contributed by atoms with Gasteiger partial charge in [0.05, 0.1) is 6.10 Å². The van der Waals surface area contributed by atoms with Crippen LogP contribution in [0.3, 0.4) is 0 Å². The van der Waals surface area contributed by atoms with Gasteiger partial charge >= 0.3 is 0 Å². The molecule has 1 aliphatic rings. The Morgan fingerprint density at radius 3 is 2.93 bits per heavy atom. The molecule has 0 saturated heterocycles. The van der Waals surface area contributed by atoms with Crippen molar-refractivity contribution >= 4 is 11.8 Å². The number of nitrogens with two attached hydrogens (primary N) is 1. The van der Waals surface area contributed by atoms with Crippen molar-refractivity contribution in [3.8, 4) is 0 Å². The molecule has 3 heteroatoms. The molecule has 0 radical (unpaired) electrons. The Kier molecular flexibility index (Phi) is 3.67. The fourth-order valence-electron chi connectivity index (χ4n) is 1.90. The van der Waals surface area contributed by atoms with Crippen molar-refractivity contribution in [3.63, 3.8) is 0 Å². The Morgan fingerprint density at radius 1 is 1.33 bits per heavy atom. The number of rotatable bonds is 4. The highest BCUT2D eigenvalue weighted by Crippen LogP contribution is 2.27. The fourth-order valence-corrected chi connectivity index (χ4v) is 2.81. The number of aliphatic hydroxyl groups is 1. The van der Waals surface area contributed by atoms with E-state index in [2.05, 4.69) is 18.2 Å². The minimum Gasteiger partial charge on any atom is -0.391 e. The van der Waals surface area contributed by atoms with Crippen LogP contribution in [-0.4, -0.2) is 23.5 Å². The number of benzene rings is 1. The number of aryl methyl sites for hydroxylation is 2. The third-order valence-electron chi connectivity index (χ3n) is 2.78. The third-order valence-corrected chi connectivity index (χ3v) is 3.92. The lowest BCUT2D eigenvalue weighted by atomic mass is 10.1. The summed E-state index contributed by atoms with van der Waals surface area (Å²) >= 11 is 1.69. The monoisotopic (exact) mass is 223 g/mol. The summed E-state index contributed by atoms with van der Waals surface area (Å²) in [7, 11) is 0. The predicted octanol–water partition coefficient (Wildman–Crippen LogP) is 1.59. The lowest BCUT2D eigenvalue weighted by molar-refractivity contribution is 0.208. The summed E-state index contributed by atoms with van der Waals surface area (Å²) < 4.78 is 0. The topological polar surface area (TPSA) is 46.2 Å². The molecule has 0 fully saturated rings. The molecule has 82 valence electrons. The maximum absolute atomic E-state index is 9.37. The van der Waals surface area contributed by atoms with Gasteiger partial charge in [-0.15, -0.1) is 11.8 Å². The zero-order valence-corrected chi connectivity index (χ0v) is 9.59. The average Bonchev–Trinajstić information content (AvgIpc) is 2.72. The molecule has 0 saturated carbocycles. The first-order chi connectivity index (χ1) is 7.29. The normalized spacial score (nSPS) is 16.4. The standard InChI is InChI=1S/C12H17NOS/c13-7-11(14)8-15-12-5-4-9-2-1-3-10(9)6-12/h4-6,11,14H,1-3,7-8,13H2. The van der Waals surface area contributed by atoms with Crippen LogP contribution in [0.4, 0.5) is 0 Å². The van der Waals surface area contributed by atoms with Crippen molar-refractivity contribution in [2.45, 2.75) is 30.3 Å². The molecule has 1 aromatic rings. The summed E-state index contributed by atoms with van der Waals surface area (Å²) in [6, 6.07) is 6.63. The van der Waals surface area contributed by atoms with Crippen LogP contribution in [0.5, 0.6) is 0 Å². The second-order valence-electron chi connectivity index (χ2n) is 3.98. The van der Waals surface area contributed by atoms with Crippen LogP contribution in [0.15, 0.2) is 23.1 Å². The van der Waals surface area contributed by atoms with E-state index in [-0.39, 0.29) is 6.10 Å². The highest BCUT2D eigenvalue weighted by Gasteiger charge is 2.11. The van der Waals surface area contributed by atoms with Gasteiger partial charge in [-0.25, -0.2) is 0 Å². The molecule has 0 spiro atoms. The van der Waals surface area contributed by atoms with Crippen molar-refractivity contribution in [2.75, 3.05) is 12.3 Å². The number of hydrogen-bond acceptors (Lipinski definition) is 3. The molecule has 15 heavy (non-hydrogen) atoms. The summed E-state index contributed by atoms with van der Waals surface area (Å²) in [5.74, 6) is 0.690. The largest absolute Gasteiger partial charge is 0.391 e. The van der Waals surface area contributed by atoms with Gasteiger partial charge in [0.25, 0.3) is 0 Å². The van der Waals surface area contributed by atoms with Gasteiger partial charge in [-0.2, -0.15) is 0 Å². The molecular formula is C12H17NOS. The van der Waals surface area contributed by atoms with E-state index < -0.39 is 0 Å². The minimum atomic E-state index is -0.386. The molecule has 3 N–H and O–H groups in total. The molecule has 0 bridgehead atoms. The minimum absolute atomic E-state index is 0.345. The Balaban J connectivity index is 1.98. The van der Waals surface area contributed by atoms with E-state index in [0.717, 1.165) is 0 Å². The van der Waals surface area contributed by atoms with E-state index >= 15 is 0 Å². The molecule has 1 aliphatic carbocycles. The van der Waals surface area contributed by atoms with Crippen LogP contribution >= 0.6 is 11.8 Å². The van der Waals surface area contributed by atoms with Crippen LogP contribution in [0.1, 0.15) is 17.5 Å². The van der Waals surface area contributed by atoms with Gasteiger partial charge < -0.3 is 10.8 Å². The summed E-state index contributed by atoms with van der Waals surface area (Å²) in [5.41, 5.74) is 8.35. The SMILES string of the molecule is NCC(O)CSc1ccc2c(c1)CCC2. The van der Waals surface area contributed by atoms with Crippen molar-refractivity contribution in [2.24, 2.45) is 5.73 Å². The lowest BCUT2D eigenvalue weighted by Gasteiger charge is -2.08. The van der Waals surface area contributed by atoms with Gasteiger partial charge in [-0.1, -0.05) is 6.07 Å². The summed E-state index contributed by atoms with van der Waals surface area (Å²) in [4.78, 5) is 1.25.